The van der Waals surface area contributed by atoms with E-state index in [1.54, 1.807) is 6.07 Å². The number of carbonyl (C=O) groups excluding carboxylic acids is 1. The summed E-state index contributed by atoms with van der Waals surface area (Å²) in [4.78, 5) is 24.8. The molecule has 1 heterocycles. The van der Waals surface area contributed by atoms with E-state index in [9.17, 15) is 18.4 Å². The third-order valence-electron chi connectivity index (χ3n) is 2.77. The molecule has 0 aliphatic carbocycles. The van der Waals surface area contributed by atoms with Crippen LogP contribution in [0.5, 0.6) is 0 Å². The number of carbonyl (C=O) groups is 2. The molecule has 0 saturated carbocycles. The number of rotatable bonds is 4. The Hall–Kier alpha value is -2.44. The molecule has 2 aromatic rings. The van der Waals surface area contributed by atoms with Crippen LogP contribution in [-0.2, 0) is 15.5 Å². The first kappa shape index (κ1) is 14.0. The predicted octanol–water partition coefficient (Wildman–Crippen LogP) is 2.52. The van der Waals surface area contributed by atoms with Crippen LogP contribution in [0.2, 0.25) is 0 Å². The number of ether oxygens (including phenoxy) is 1. The topological polar surface area (TPSA) is 79.4 Å². The third kappa shape index (κ3) is 2.11. The number of carboxylic acid groups (broad SMARTS) is 1. The standard InChI is InChI=1S/C13H11F2NO4/c1-2-20-12(19)13(14,15)10-9(11(17)18)7-5-3-4-6-8(7)16-10/h3-6,16H,2H2,1H3,(H,17,18). The minimum absolute atomic E-state index is 0.110. The summed E-state index contributed by atoms with van der Waals surface area (Å²) in [5.74, 6) is -7.38. The Kier molecular flexibility index (Phi) is 3.44. The van der Waals surface area contributed by atoms with E-state index in [1.807, 2.05) is 0 Å². The average molecular weight is 283 g/mol. The minimum atomic E-state index is -4.05. The van der Waals surface area contributed by atoms with Gasteiger partial charge < -0.3 is 14.8 Å². The summed E-state index contributed by atoms with van der Waals surface area (Å²) in [6.45, 7) is 1.16. The Balaban J connectivity index is 2.67. The number of carboxylic acids is 1. The Bertz CT molecular complexity index is 678. The average Bonchev–Trinajstić information content (AvgIpc) is 2.79. The second-order valence-corrected chi connectivity index (χ2v) is 4.02. The van der Waals surface area contributed by atoms with Crippen LogP contribution in [0.1, 0.15) is 23.0 Å². The van der Waals surface area contributed by atoms with Gasteiger partial charge >= 0.3 is 17.9 Å². The third-order valence-corrected chi connectivity index (χ3v) is 2.77. The summed E-state index contributed by atoms with van der Waals surface area (Å²) in [7, 11) is 0. The van der Waals surface area contributed by atoms with Gasteiger partial charge in [0.2, 0.25) is 0 Å². The monoisotopic (exact) mass is 283 g/mol. The van der Waals surface area contributed by atoms with E-state index in [0.717, 1.165) is 0 Å². The van der Waals surface area contributed by atoms with Gasteiger partial charge in [0.15, 0.2) is 0 Å². The number of halogens is 2. The van der Waals surface area contributed by atoms with Gasteiger partial charge in [-0.05, 0) is 13.0 Å². The summed E-state index contributed by atoms with van der Waals surface area (Å²) >= 11 is 0. The van der Waals surface area contributed by atoms with Gasteiger partial charge in [-0.3, -0.25) is 0 Å². The van der Waals surface area contributed by atoms with E-state index in [0.29, 0.717) is 0 Å². The lowest BCUT2D eigenvalue weighted by atomic mass is 10.1. The van der Waals surface area contributed by atoms with Gasteiger partial charge in [0.1, 0.15) is 5.69 Å². The van der Waals surface area contributed by atoms with E-state index in [2.05, 4.69) is 9.72 Å². The van der Waals surface area contributed by atoms with Crippen LogP contribution >= 0.6 is 0 Å². The van der Waals surface area contributed by atoms with Crippen molar-refractivity contribution in [1.29, 1.82) is 0 Å². The number of hydrogen-bond donors (Lipinski definition) is 2. The van der Waals surface area contributed by atoms with Crippen LogP contribution in [0.3, 0.4) is 0 Å². The minimum Gasteiger partial charge on any atom is -0.478 e. The summed E-state index contributed by atoms with van der Waals surface area (Å²) in [5.41, 5.74) is -1.38. The first-order valence-corrected chi connectivity index (χ1v) is 5.79. The zero-order valence-electron chi connectivity index (χ0n) is 10.4. The maximum Gasteiger partial charge on any atom is 0.383 e. The molecule has 0 radical (unpaired) electrons. The first-order valence-electron chi connectivity index (χ1n) is 5.79. The first-order chi connectivity index (χ1) is 9.39. The highest BCUT2D eigenvalue weighted by atomic mass is 19.3. The van der Waals surface area contributed by atoms with Crippen LogP contribution in [0, 0.1) is 0 Å². The Labute approximate surface area is 112 Å². The molecule has 0 unspecified atom stereocenters. The summed E-state index contributed by atoms with van der Waals surface area (Å²) < 4.78 is 32.3. The van der Waals surface area contributed by atoms with Crippen molar-refractivity contribution in [2.75, 3.05) is 6.61 Å². The molecule has 1 aromatic carbocycles. The predicted molar refractivity (Wildman–Crippen MR) is 65.8 cm³/mol. The zero-order chi connectivity index (χ0) is 14.9. The molecule has 1 aromatic heterocycles. The van der Waals surface area contributed by atoms with Crippen molar-refractivity contribution in [3.05, 3.63) is 35.5 Å². The lowest BCUT2D eigenvalue weighted by molar-refractivity contribution is -0.173. The van der Waals surface area contributed by atoms with Crippen molar-refractivity contribution in [3.8, 4) is 0 Å². The number of alkyl halides is 2. The molecular weight excluding hydrogens is 272 g/mol. The molecule has 5 nitrogen and oxygen atoms in total. The second kappa shape index (κ2) is 4.92. The van der Waals surface area contributed by atoms with Gasteiger partial charge in [-0.25, -0.2) is 9.59 Å². The summed E-state index contributed by atoms with van der Waals surface area (Å²) in [5, 5.41) is 9.23. The number of benzene rings is 1. The molecule has 0 aliphatic rings. The number of aromatic nitrogens is 1. The van der Waals surface area contributed by atoms with Crippen molar-refractivity contribution in [2.24, 2.45) is 0 Å². The number of fused-ring (bicyclic) bond motifs is 1. The zero-order valence-corrected chi connectivity index (χ0v) is 10.4. The van der Waals surface area contributed by atoms with Crippen molar-refractivity contribution in [3.63, 3.8) is 0 Å². The van der Waals surface area contributed by atoms with Gasteiger partial charge in [0, 0.05) is 10.9 Å². The van der Waals surface area contributed by atoms with E-state index >= 15 is 0 Å². The molecule has 0 bridgehead atoms. The van der Waals surface area contributed by atoms with Crippen molar-refractivity contribution < 1.29 is 28.2 Å². The van der Waals surface area contributed by atoms with Crippen molar-refractivity contribution >= 4 is 22.8 Å². The summed E-state index contributed by atoms with van der Waals surface area (Å²) in [6.07, 6.45) is 0. The lowest BCUT2D eigenvalue weighted by Gasteiger charge is -2.14. The molecule has 20 heavy (non-hydrogen) atoms. The number of nitrogens with one attached hydrogen (secondary N) is 1. The number of hydrogen-bond acceptors (Lipinski definition) is 3. The molecule has 0 aliphatic heterocycles. The second-order valence-electron chi connectivity index (χ2n) is 4.02. The fraction of sp³-hybridized carbons (Fsp3) is 0.231. The molecule has 2 N–H and O–H groups in total. The largest absolute Gasteiger partial charge is 0.478 e. The van der Waals surface area contributed by atoms with E-state index < -0.39 is 29.1 Å². The fourth-order valence-electron chi connectivity index (χ4n) is 1.92. The number of H-pyrrole nitrogens is 1. The van der Waals surface area contributed by atoms with Gasteiger partial charge in [-0.1, -0.05) is 18.2 Å². The lowest BCUT2D eigenvalue weighted by Crippen LogP contribution is -2.30. The number of aromatic carboxylic acids is 1. The van der Waals surface area contributed by atoms with E-state index in [4.69, 9.17) is 5.11 Å². The van der Waals surface area contributed by atoms with Gasteiger partial charge in [0.25, 0.3) is 0 Å². The molecule has 7 heteroatoms. The molecule has 2 rings (SSSR count). The summed E-state index contributed by atoms with van der Waals surface area (Å²) in [6, 6.07) is 5.93. The molecular formula is C13H11F2NO4. The maximum atomic E-state index is 14.0. The molecule has 0 atom stereocenters. The van der Waals surface area contributed by atoms with E-state index in [1.165, 1.54) is 25.1 Å². The van der Waals surface area contributed by atoms with Gasteiger partial charge in [-0.2, -0.15) is 8.78 Å². The molecule has 106 valence electrons. The Morgan fingerprint density at radius 1 is 1.35 bits per heavy atom. The highest BCUT2D eigenvalue weighted by molar-refractivity contribution is 6.06. The Morgan fingerprint density at radius 3 is 2.60 bits per heavy atom. The van der Waals surface area contributed by atoms with Gasteiger partial charge in [-0.15, -0.1) is 0 Å². The van der Waals surface area contributed by atoms with Gasteiger partial charge in [0.05, 0.1) is 12.2 Å². The highest BCUT2D eigenvalue weighted by Gasteiger charge is 2.47. The number of para-hydroxylation sites is 1. The van der Waals surface area contributed by atoms with Crippen LogP contribution in [0.4, 0.5) is 8.78 Å². The van der Waals surface area contributed by atoms with Crippen LogP contribution in [-0.4, -0.2) is 28.6 Å². The van der Waals surface area contributed by atoms with Crippen LogP contribution < -0.4 is 0 Å². The van der Waals surface area contributed by atoms with Crippen molar-refractivity contribution in [2.45, 2.75) is 12.8 Å². The number of aromatic amines is 1. The molecule has 0 spiro atoms. The number of esters is 1. The highest BCUT2D eigenvalue weighted by Crippen LogP contribution is 2.35. The maximum absolute atomic E-state index is 14.0. The van der Waals surface area contributed by atoms with E-state index in [-0.39, 0.29) is 17.5 Å². The fourth-order valence-corrected chi connectivity index (χ4v) is 1.92. The Morgan fingerprint density at radius 2 is 2.00 bits per heavy atom. The molecule has 0 fully saturated rings. The SMILES string of the molecule is CCOC(=O)C(F)(F)c1[nH]c2ccccc2c1C(=O)O. The van der Waals surface area contributed by atoms with Crippen molar-refractivity contribution in [1.82, 2.24) is 4.98 Å². The molecule has 0 saturated heterocycles. The quantitative estimate of drug-likeness (QED) is 0.845. The smallest absolute Gasteiger partial charge is 0.383 e. The molecule has 0 amide bonds. The van der Waals surface area contributed by atoms with Crippen LogP contribution in [0.15, 0.2) is 24.3 Å². The normalized spacial score (nSPS) is 11.6. The van der Waals surface area contributed by atoms with Crippen LogP contribution in [0.25, 0.3) is 10.9 Å².